The molecular formula is C13H10Cl2O2. The van der Waals surface area contributed by atoms with E-state index >= 15 is 0 Å². The van der Waals surface area contributed by atoms with E-state index in [9.17, 15) is 5.11 Å². The van der Waals surface area contributed by atoms with Gasteiger partial charge < -0.3 is 9.84 Å². The van der Waals surface area contributed by atoms with E-state index in [0.29, 0.717) is 22.4 Å². The molecule has 4 heteroatoms. The number of hydrogen-bond acceptors (Lipinski definition) is 2. The molecule has 2 aromatic rings. The van der Waals surface area contributed by atoms with Gasteiger partial charge in [-0.15, -0.1) is 0 Å². The molecule has 1 N–H and O–H groups in total. The van der Waals surface area contributed by atoms with Gasteiger partial charge in [-0.05, 0) is 29.8 Å². The molecule has 2 nitrogen and oxygen atoms in total. The first-order valence-corrected chi connectivity index (χ1v) is 5.76. The number of halogens is 2. The lowest BCUT2D eigenvalue weighted by atomic mass is 10.2. The Hall–Kier alpha value is -1.38. The van der Waals surface area contributed by atoms with Crippen molar-refractivity contribution in [1.29, 1.82) is 0 Å². The molecule has 0 aliphatic heterocycles. The molecule has 0 amide bonds. The van der Waals surface area contributed by atoms with Crippen LogP contribution in [0.1, 0.15) is 5.56 Å². The molecule has 0 saturated carbocycles. The van der Waals surface area contributed by atoms with Crippen LogP contribution in [-0.2, 0) is 6.61 Å². The van der Waals surface area contributed by atoms with Crippen LogP contribution in [0.25, 0.3) is 0 Å². The Kier molecular flexibility index (Phi) is 3.77. The van der Waals surface area contributed by atoms with Crippen LogP contribution in [-0.4, -0.2) is 5.11 Å². The quantitative estimate of drug-likeness (QED) is 0.901. The molecule has 0 fully saturated rings. The highest BCUT2D eigenvalue weighted by Gasteiger charge is 2.03. The Morgan fingerprint density at radius 2 is 1.76 bits per heavy atom. The molecule has 2 aromatic carbocycles. The van der Waals surface area contributed by atoms with Gasteiger partial charge in [-0.25, -0.2) is 0 Å². The zero-order valence-electron chi connectivity index (χ0n) is 8.86. The van der Waals surface area contributed by atoms with Crippen molar-refractivity contribution in [1.82, 2.24) is 0 Å². The SMILES string of the molecule is Oc1ccc(Cl)cc1OCc1cccc(Cl)c1. The second-order valence-corrected chi connectivity index (χ2v) is 4.40. The van der Waals surface area contributed by atoms with Gasteiger partial charge in [-0.1, -0.05) is 35.3 Å². The summed E-state index contributed by atoms with van der Waals surface area (Å²) in [6, 6.07) is 12.0. The van der Waals surface area contributed by atoms with Crippen LogP contribution in [0.4, 0.5) is 0 Å². The van der Waals surface area contributed by atoms with Crippen LogP contribution in [0.5, 0.6) is 11.5 Å². The first-order chi connectivity index (χ1) is 8.15. The summed E-state index contributed by atoms with van der Waals surface area (Å²) in [5, 5.41) is 10.7. The summed E-state index contributed by atoms with van der Waals surface area (Å²) >= 11 is 11.7. The third-order valence-electron chi connectivity index (χ3n) is 2.21. The molecular weight excluding hydrogens is 259 g/mol. The van der Waals surface area contributed by atoms with E-state index in [0.717, 1.165) is 5.56 Å². The Morgan fingerprint density at radius 1 is 1.00 bits per heavy atom. The topological polar surface area (TPSA) is 29.5 Å². The van der Waals surface area contributed by atoms with Gasteiger partial charge >= 0.3 is 0 Å². The van der Waals surface area contributed by atoms with Gasteiger partial charge in [0.2, 0.25) is 0 Å². The van der Waals surface area contributed by atoms with Crippen LogP contribution < -0.4 is 4.74 Å². The normalized spacial score (nSPS) is 10.2. The van der Waals surface area contributed by atoms with Crippen molar-refractivity contribution in [3.05, 3.63) is 58.1 Å². The van der Waals surface area contributed by atoms with Crippen molar-refractivity contribution in [2.45, 2.75) is 6.61 Å². The van der Waals surface area contributed by atoms with Crippen LogP contribution in [0.15, 0.2) is 42.5 Å². The van der Waals surface area contributed by atoms with Crippen LogP contribution >= 0.6 is 23.2 Å². The summed E-state index contributed by atoms with van der Waals surface area (Å²) in [6.45, 7) is 0.328. The van der Waals surface area contributed by atoms with E-state index < -0.39 is 0 Å². The van der Waals surface area contributed by atoms with Crippen LogP contribution in [0.3, 0.4) is 0 Å². The predicted molar refractivity (Wildman–Crippen MR) is 68.9 cm³/mol. The number of benzene rings is 2. The minimum Gasteiger partial charge on any atom is -0.504 e. The fourth-order valence-corrected chi connectivity index (χ4v) is 1.77. The zero-order valence-corrected chi connectivity index (χ0v) is 10.4. The average Bonchev–Trinajstić information content (AvgIpc) is 2.30. The smallest absolute Gasteiger partial charge is 0.162 e. The Labute approximate surface area is 109 Å². The third-order valence-corrected chi connectivity index (χ3v) is 2.68. The lowest BCUT2D eigenvalue weighted by Crippen LogP contribution is -1.95. The van der Waals surface area contributed by atoms with Crippen molar-refractivity contribution < 1.29 is 9.84 Å². The number of phenols is 1. The second kappa shape index (κ2) is 5.30. The standard InChI is InChI=1S/C13H10Cl2O2/c14-10-3-1-2-9(6-10)8-17-13-7-11(15)4-5-12(13)16/h1-7,16H,8H2. The molecule has 0 atom stereocenters. The van der Waals surface area contributed by atoms with Gasteiger partial charge in [0.1, 0.15) is 6.61 Å². The van der Waals surface area contributed by atoms with Crippen molar-refractivity contribution in [2.75, 3.05) is 0 Å². The average molecular weight is 269 g/mol. The molecule has 0 radical (unpaired) electrons. The molecule has 0 spiro atoms. The lowest BCUT2D eigenvalue weighted by molar-refractivity contribution is 0.289. The second-order valence-electron chi connectivity index (χ2n) is 3.53. The third kappa shape index (κ3) is 3.29. The summed E-state index contributed by atoms with van der Waals surface area (Å²) in [6.07, 6.45) is 0. The van der Waals surface area contributed by atoms with Crippen LogP contribution in [0.2, 0.25) is 10.0 Å². The molecule has 2 rings (SSSR count). The number of hydrogen-bond donors (Lipinski definition) is 1. The zero-order chi connectivity index (χ0) is 12.3. The maximum absolute atomic E-state index is 9.56. The monoisotopic (exact) mass is 268 g/mol. The first-order valence-electron chi connectivity index (χ1n) is 5.01. The Bertz CT molecular complexity index is 527. The van der Waals surface area contributed by atoms with Crippen molar-refractivity contribution >= 4 is 23.2 Å². The molecule has 0 unspecified atom stereocenters. The van der Waals surface area contributed by atoms with Gasteiger partial charge in [0.25, 0.3) is 0 Å². The van der Waals surface area contributed by atoms with Gasteiger partial charge in [0, 0.05) is 16.1 Å². The fraction of sp³-hybridized carbons (Fsp3) is 0.0769. The molecule has 0 heterocycles. The van der Waals surface area contributed by atoms with E-state index in [1.54, 1.807) is 18.2 Å². The molecule has 17 heavy (non-hydrogen) atoms. The van der Waals surface area contributed by atoms with Gasteiger partial charge in [0.05, 0.1) is 0 Å². The number of phenolic OH excluding ortho intramolecular Hbond substituents is 1. The van der Waals surface area contributed by atoms with E-state index in [2.05, 4.69) is 0 Å². The molecule has 88 valence electrons. The Balaban J connectivity index is 2.09. The Morgan fingerprint density at radius 3 is 2.53 bits per heavy atom. The largest absolute Gasteiger partial charge is 0.504 e. The van der Waals surface area contributed by atoms with E-state index in [-0.39, 0.29) is 5.75 Å². The highest BCUT2D eigenvalue weighted by atomic mass is 35.5. The summed E-state index contributed by atoms with van der Waals surface area (Å²) in [5.74, 6) is 0.425. The van der Waals surface area contributed by atoms with E-state index in [4.69, 9.17) is 27.9 Å². The van der Waals surface area contributed by atoms with Gasteiger partial charge in [-0.2, -0.15) is 0 Å². The van der Waals surface area contributed by atoms with E-state index in [1.807, 2.05) is 18.2 Å². The maximum Gasteiger partial charge on any atom is 0.162 e. The predicted octanol–water partition coefficient (Wildman–Crippen LogP) is 4.28. The van der Waals surface area contributed by atoms with Crippen LogP contribution in [0, 0.1) is 0 Å². The first kappa shape index (κ1) is 12.1. The maximum atomic E-state index is 9.56. The van der Waals surface area contributed by atoms with Crippen molar-refractivity contribution in [2.24, 2.45) is 0 Å². The lowest BCUT2D eigenvalue weighted by Gasteiger charge is -2.08. The molecule has 0 saturated heterocycles. The number of ether oxygens (including phenoxy) is 1. The molecule has 0 aliphatic rings. The minimum atomic E-state index is 0.0661. The van der Waals surface area contributed by atoms with E-state index in [1.165, 1.54) is 6.07 Å². The fourth-order valence-electron chi connectivity index (χ4n) is 1.39. The number of rotatable bonds is 3. The molecule has 0 aliphatic carbocycles. The molecule has 0 aromatic heterocycles. The summed E-state index contributed by atoms with van der Waals surface area (Å²) < 4.78 is 5.47. The highest BCUT2D eigenvalue weighted by Crippen LogP contribution is 2.29. The minimum absolute atomic E-state index is 0.0661. The summed E-state index contributed by atoms with van der Waals surface area (Å²) in [7, 11) is 0. The van der Waals surface area contributed by atoms with Crippen molar-refractivity contribution in [3.63, 3.8) is 0 Å². The highest BCUT2D eigenvalue weighted by molar-refractivity contribution is 6.31. The summed E-state index contributed by atoms with van der Waals surface area (Å²) in [5.41, 5.74) is 0.928. The van der Waals surface area contributed by atoms with Gasteiger partial charge in [0.15, 0.2) is 11.5 Å². The van der Waals surface area contributed by atoms with Crippen molar-refractivity contribution in [3.8, 4) is 11.5 Å². The molecule has 0 bridgehead atoms. The number of aromatic hydroxyl groups is 1. The van der Waals surface area contributed by atoms with Gasteiger partial charge in [-0.3, -0.25) is 0 Å². The summed E-state index contributed by atoms with van der Waals surface area (Å²) in [4.78, 5) is 0.